The van der Waals surface area contributed by atoms with Crippen LogP contribution in [-0.4, -0.2) is 29.7 Å². The van der Waals surface area contributed by atoms with Gasteiger partial charge in [0.15, 0.2) is 0 Å². The van der Waals surface area contributed by atoms with E-state index >= 15 is 0 Å². The summed E-state index contributed by atoms with van der Waals surface area (Å²) in [6.07, 6.45) is 0.715. The van der Waals surface area contributed by atoms with Gasteiger partial charge in [0.1, 0.15) is 0 Å². The summed E-state index contributed by atoms with van der Waals surface area (Å²) < 4.78 is 25.9. The molecule has 1 N–H and O–H groups in total. The van der Waals surface area contributed by atoms with Gasteiger partial charge < -0.3 is 5.53 Å². The van der Waals surface area contributed by atoms with Gasteiger partial charge in [-0.3, -0.25) is 4.55 Å². The van der Waals surface area contributed by atoms with E-state index in [2.05, 4.69) is 4.79 Å². The minimum atomic E-state index is -3.67. The third-order valence-electron chi connectivity index (χ3n) is 2.75. The normalized spacial score (nSPS) is 11.8. The van der Waals surface area contributed by atoms with Crippen molar-refractivity contribution in [1.29, 1.82) is 0 Å². The van der Waals surface area contributed by atoms with Crippen molar-refractivity contribution in [2.75, 3.05) is 6.26 Å². The monoisotopic (exact) mass is 288 g/mol. The number of rotatable bonds is 0. The van der Waals surface area contributed by atoms with Gasteiger partial charge in [0.25, 0.3) is 10.1 Å². The van der Waals surface area contributed by atoms with Crippen LogP contribution >= 0.6 is 0 Å². The Kier molecular flexibility index (Phi) is 3.81. The van der Waals surface area contributed by atoms with Crippen molar-refractivity contribution >= 4 is 15.8 Å². The first-order valence-electron chi connectivity index (χ1n) is 5.75. The second-order valence-corrected chi connectivity index (χ2v) is 5.74. The van der Waals surface area contributed by atoms with E-state index in [0.717, 1.165) is 22.3 Å². The molecule has 0 spiro atoms. The molecule has 0 amide bonds. The molecule has 2 aromatic carbocycles. The lowest BCUT2D eigenvalue weighted by atomic mass is 10.1. The number of hydrogen-bond acceptors (Lipinski definition) is 2. The molecule has 0 radical (unpaired) electrons. The van der Waals surface area contributed by atoms with E-state index in [1.165, 1.54) is 0 Å². The Bertz CT molecular complexity index is 751. The Hall–Kier alpha value is -2.27. The van der Waals surface area contributed by atoms with Gasteiger partial charge >= 0.3 is 5.71 Å². The standard InChI is InChI=1S/C13H8N2.CH4O3S/c14-15-13-11-7-3-1-5-9(11)10-6-2-4-8-12(10)13;1-5(2,3)4/h1-8H;1H3,(H,2,3,4). The molecule has 1 aliphatic carbocycles. The topological polar surface area (TPSA) is 90.8 Å². The fourth-order valence-electron chi connectivity index (χ4n) is 2.10. The van der Waals surface area contributed by atoms with Crippen molar-refractivity contribution in [3.63, 3.8) is 0 Å². The van der Waals surface area contributed by atoms with E-state index in [0.29, 0.717) is 12.0 Å². The van der Waals surface area contributed by atoms with Gasteiger partial charge in [-0.15, -0.1) is 0 Å². The predicted octanol–water partition coefficient (Wildman–Crippen LogP) is 2.24. The minimum Gasteiger partial charge on any atom is -0.361 e. The largest absolute Gasteiger partial charge is 0.361 e. The molecule has 0 saturated carbocycles. The Morgan fingerprint density at radius 2 is 1.20 bits per heavy atom. The highest BCUT2D eigenvalue weighted by molar-refractivity contribution is 7.85. The van der Waals surface area contributed by atoms with E-state index in [1.807, 2.05) is 48.5 Å². The van der Waals surface area contributed by atoms with Crippen LogP contribution in [0.4, 0.5) is 0 Å². The first-order valence-corrected chi connectivity index (χ1v) is 7.60. The van der Waals surface area contributed by atoms with Gasteiger partial charge in [0.2, 0.25) is 0 Å². The Balaban J connectivity index is 0.000000257. The summed E-state index contributed by atoms with van der Waals surface area (Å²) >= 11 is 0. The van der Waals surface area contributed by atoms with Gasteiger partial charge in [-0.05, 0) is 23.3 Å². The quantitative estimate of drug-likeness (QED) is 0.390. The van der Waals surface area contributed by atoms with Crippen LogP contribution in [0.1, 0.15) is 11.1 Å². The van der Waals surface area contributed by atoms with E-state index < -0.39 is 10.1 Å². The third kappa shape index (κ3) is 3.00. The van der Waals surface area contributed by atoms with E-state index in [4.69, 9.17) is 10.1 Å². The summed E-state index contributed by atoms with van der Waals surface area (Å²) in [4.78, 5) is 3.39. The van der Waals surface area contributed by atoms with Crippen LogP contribution in [0, 0.1) is 0 Å². The summed E-state index contributed by atoms with van der Waals surface area (Å²) in [5.41, 5.74) is 14.0. The zero-order chi connectivity index (χ0) is 14.8. The lowest BCUT2D eigenvalue weighted by Gasteiger charge is -1.95. The highest BCUT2D eigenvalue weighted by atomic mass is 32.2. The van der Waals surface area contributed by atoms with Crippen LogP contribution in [0.15, 0.2) is 48.5 Å². The van der Waals surface area contributed by atoms with E-state index in [-0.39, 0.29) is 0 Å². The van der Waals surface area contributed by atoms with E-state index in [1.54, 1.807) is 0 Å². The fourth-order valence-corrected chi connectivity index (χ4v) is 2.10. The highest BCUT2D eigenvalue weighted by Gasteiger charge is 2.29. The smallest absolute Gasteiger partial charge is 0.330 e. The Labute approximate surface area is 116 Å². The summed E-state index contributed by atoms with van der Waals surface area (Å²) in [5.74, 6) is 0. The second kappa shape index (κ2) is 5.38. The van der Waals surface area contributed by atoms with Crippen molar-refractivity contribution < 1.29 is 17.8 Å². The maximum absolute atomic E-state index is 9.19. The number of benzene rings is 2. The van der Waals surface area contributed by atoms with Crippen LogP contribution in [0.2, 0.25) is 0 Å². The van der Waals surface area contributed by atoms with Crippen molar-refractivity contribution in [3.8, 4) is 11.1 Å². The molecule has 0 heterocycles. The maximum atomic E-state index is 9.19. The molecular weight excluding hydrogens is 276 g/mol. The summed E-state index contributed by atoms with van der Waals surface area (Å²) in [6, 6.07) is 15.9. The Morgan fingerprint density at radius 3 is 1.50 bits per heavy atom. The van der Waals surface area contributed by atoms with Gasteiger partial charge in [-0.1, -0.05) is 36.4 Å². The van der Waals surface area contributed by atoms with Crippen molar-refractivity contribution in [1.82, 2.24) is 0 Å². The summed E-state index contributed by atoms with van der Waals surface area (Å²) in [6.45, 7) is 0. The number of nitrogens with zero attached hydrogens (tertiary/aromatic N) is 2. The molecule has 0 bridgehead atoms. The van der Waals surface area contributed by atoms with Gasteiger partial charge in [-0.25, -0.2) is 0 Å². The van der Waals surface area contributed by atoms with Crippen LogP contribution < -0.4 is 0 Å². The molecule has 102 valence electrons. The molecular formula is C14H12N2O3S. The van der Waals surface area contributed by atoms with Crippen LogP contribution in [-0.2, 0) is 10.1 Å². The van der Waals surface area contributed by atoms with Gasteiger partial charge in [0.05, 0.1) is 17.4 Å². The molecule has 0 fully saturated rings. The SMILES string of the molecule is CS(=O)(=O)O.[N-]=[N+]=C1c2ccccc2-c2ccccc21. The molecule has 2 aromatic rings. The first kappa shape index (κ1) is 14.1. The Morgan fingerprint density at radius 1 is 0.900 bits per heavy atom. The average molecular weight is 288 g/mol. The van der Waals surface area contributed by atoms with Crippen molar-refractivity contribution in [2.24, 2.45) is 0 Å². The molecule has 5 nitrogen and oxygen atoms in total. The lowest BCUT2D eigenvalue weighted by molar-refractivity contribution is -0.00243. The molecule has 6 heteroatoms. The van der Waals surface area contributed by atoms with Gasteiger partial charge in [-0.2, -0.15) is 13.2 Å². The van der Waals surface area contributed by atoms with Gasteiger partial charge in [0, 0.05) is 0 Å². The van der Waals surface area contributed by atoms with Crippen molar-refractivity contribution in [3.05, 3.63) is 65.2 Å². The average Bonchev–Trinajstić information content (AvgIpc) is 2.71. The molecule has 0 aromatic heterocycles. The maximum Gasteiger partial charge on any atom is 0.330 e. The summed E-state index contributed by atoms with van der Waals surface area (Å²) in [5, 5.41) is 0. The van der Waals surface area contributed by atoms with E-state index in [9.17, 15) is 8.42 Å². The van der Waals surface area contributed by atoms with Crippen molar-refractivity contribution in [2.45, 2.75) is 0 Å². The number of fused-ring (bicyclic) bond motifs is 3. The molecule has 0 atom stereocenters. The van der Waals surface area contributed by atoms with Crippen LogP contribution in [0.25, 0.3) is 16.7 Å². The molecule has 0 saturated heterocycles. The minimum absolute atomic E-state index is 0.668. The first-order chi connectivity index (χ1) is 9.42. The molecule has 20 heavy (non-hydrogen) atoms. The summed E-state index contributed by atoms with van der Waals surface area (Å²) in [7, 11) is -3.67. The molecule has 3 rings (SSSR count). The zero-order valence-corrected chi connectivity index (χ0v) is 11.5. The third-order valence-corrected chi connectivity index (χ3v) is 2.75. The zero-order valence-electron chi connectivity index (χ0n) is 10.7. The molecule has 1 aliphatic rings. The van der Waals surface area contributed by atoms with Crippen LogP contribution in [0.5, 0.6) is 0 Å². The molecule has 0 aliphatic heterocycles. The highest BCUT2D eigenvalue weighted by Crippen LogP contribution is 2.35. The fraction of sp³-hybridized carbons (Fsp3) is 0.0714. The lowest BCUT2D eigenvalue weighted by Crippen LogP contribution is -1.98. The van der Waals surface area contributed by atoms with Crippen LogP contribution in [0.3, 0.4) is 0 Å². The second-order valence-electron chi connectivity index (χ2n) is 4.27. The number of hydrogen-bond donors (Lipinski definition) is 1. The predicted molar refractivity (Wildman–Crippen MR) is 76.2 cm³/mol. The molecule has 0 unspecified atom stereocenters.